The van der Waals surface area contributed by atoms with Crippen molar-refractivity contribution in [3.63, 3.8) is 0 Å². The van der Waals surface area contributed by atoms with Crippen molar-refractivity contribution in [2.75, 3.05) is 0 Å². The van der Waals surface area contributed by atoms with E-state index >= 15 is 0 Å². The number of nitrogens with two attached hydrogens (primary N) is 1. The third-order valence-electron chi connectivity index (χ3n) is 3.61. The fraction of sp³-hybridized carbons (Fsp3) is 0.421. The maximum absolute atomic E-state index is 12.2. The van der Waals surface area contributed by atoms with Crippen LogP contribution in [0.1, 0.15) is 50.4 Å². The monoisotopic (exact) mass is 375 g/mol. The first-order chi connectivity index (χ1) is 12.3. The Morgan fingerprint density at radius 1 is 1.31 bits per heavy atom. The molecule has 1 aromatic heterocycles. The normalized spacial score (nSPS) is 14.5. The Labute approximate surface area is 159 Å². The van der Waals surface area contributed by atoms with E-state index in [0.29, 0.717) is 17.3 Å². The van der Waals surface area contributed by atoms with Crippen LogP contribution in [0.2, 0.25) is 0 Å². The van der Waals surface area contributed by atoms with Crippen LogP contribution < -0.4 is 20.5 Å². The minimum absolute atomic E-state index is 0.0824. The maximum Gasteiger partial charge on any atom is 0.257 e. The third kappa shape index (κ3) is 6.48. The van der Waals surface area contributed by atoms with Crippen LogP contribution in [-0.4, -0.2) is 28.2 Å². The predicted octanol–water partition coefficient (Wildman–Crippen LogP) is 3.28. The summed E-state index contributed by atoms with van der Waals surface area (Å²) in [6.07, 6.45) is 9.07. The van der Waals surface area contributed by atoms with Crippen LogP contribution in [0.5, 0.6) is 11.8 Å². The molecule has 0 fully saturated rings. The van der Waals surface area contributed by atoms with Gasteiger partial charge in [-0.3, -0.25) is 10.1 Å². The van der Waals surface area contributed by atoms with Gasteiger partial charge in [0.05, 0.1) is 11.7 Å². The molecule has 0 aliphatic heterocycles. The number of pyridine rings is 1. The van der Waals surface area contributed by atoms with E-state index in [1.165, 1.54) is 5.57 Å². The van der Waals surface area contributed by atoms with Crippen LogP contribution in [-0.2, 0) is 0 Å². The van der Waals surface area contributed by atoms with Gasteiger partial charge in [0.25, 0.3) is 5.91 Å². The Hall–Kier alpha value is -2.41. The van der Waals surface area contributed by atoms with Gasteiger partial charge in [-0.2, -0.15) is 4.98 Å². The first kappa shape index (κ1) is 19.9. The average Bonchev–Trinajstić information content (AvgIpc) is 2.54. The molecule has 0 radical (unpaired) electrons. The number of hydrogen-bond donors (Lipinski definition) is 2. The van der Waals surface area contributed by atoms with Gasteiger partial charge in [-0.05, 0) is 45.8 Å². The number of rotatable bonds is 7. The average molecular weight is 375 g/mol. The Kier molecular flexibility index (Phi) is 7.15. The molecule has 0 spiro atoms. The summed E-state index contributed by atoms with van der Waals surface area (Å²) < 4.78 is 11.6. The summed E-state index contributed by atoms with van der Waals surface area (Å²) in [5.41, 5.74) is 7.04. The van der Waals surface area contributed by atoms with Crippen LogP contribution >= 0.6 is 12.2 Å². The van der Waals surface area contributed by atoms with Crippen molar-refractivity contribution in [3.05, 3.63) is 41.5 Å². The van der Waals surface area contributed by atoms with Gasteiger partial charge in [-0.1, -0.05) is 23.8 Å². The number of thiocarbonyl (C=S) groups is 1. The van der Waals surface area contributed by atoms with E-state index in [-0.39, 0.29) is 17.3 Å². The van der Waals surface area contributed by atoms with E-state index < -0.39 is 5.91 Å². The summed E-state index contributed by atoms with van der Waals surface area (Å²) in [5.74, 6) is 0.222. The maximum atomic E-state index is 12.2. The SMILES string of the molecule is CC(C)Oc1cc(C(=O)NC(N)=S)cc(OC(C)CC2=CC=CCC2)n1. The highest BCUT2D eigenvalue weighted by atomic mass is 32.1. The summed E-state index contributed by atoms with van der Waals surface area (Å²) >= 11 is 4.72. The number of amides is 1. The van der Waals surface area contributed by atoms with Crippen LogP contribution in [0.15, 0.2) is 35.9 Å². The molecule has 1 aliphatic rings. The number of aromatic nitrogens is 1. The van der Waals surface area contributed by atoms with E-state index in [4.69, 9.17) is 27.4 Å². The van der Waals surface area contributed by atoms with E-state index in [9.17, 15) is 4.79 Å². The van der Waals surface area contributed by atoms with E-state index in [1.54, 1.807) is 12.1 Å². The molecule has 1 heterocycles. The summed E-state index contributed by atoms with van der Waals surface area (Å²) in [4.78, 5) is 16.6. The molecule has 0 aromatic carbocycles. The Morgan fingerprint density at radius 2 is 2.00 bits per heavy atom. The number of carbonyl (C=O) groups excluding carboxylic acids is 1. The first-order valence-electron chi connectivity index (χ1n) is 8.64. The van der Waals surface area contributed by atoms with Crippen LogP contribution in [0.4, 0.5) is 0 Å². The molecule has 6 nitrogen and oxygen atoms in total. The molecular weight excluding hydrogens is 350 g/mol. The largest absolute Gasteiger partial charge is 0.475 e. The van der Waals surface area contributed by atoms with Crippen molar-refractivity contribution < 1.29 is 14.3 Å². The second kappa shape index (κ2) is 9.33. The highest BCUT2D eigenvalue weighted by Crippen LogP contribution is 2.23. The molecule has 2 rings (SSSR count). The molecule has 7 heteroatoms. The van der Waals surface area contributed by atoms with Crippen LogP contribution in [0.3, 0.4) is 0 Å². The molecule has 1 aromatic rings. The number of nitrogens with zero attached hydrogens (tertiary/aromatic N) is 1. The lowest BCUT2D eigenvalue weighted by Gasteiger charge is -2.18. The van der Waals surface area contributed by atoms with E-state index in [2.05, 4.69) is 28.5 Å². The molecule has 1 atom stereocenters. The summed E-state index contributed by atoms with van der Waals surface area (Å²) in [6.45, 7) is 5.75. The second-order valence-electron chi connectivity index (χ2n) is 6.44. The van der Waals surface area contributed by atoms with E-state index in [1.807, 2.05) is 20.8 Å². The quantitative estimate of drug-likeness (QED) is 0.711. The molecule has 0 saturated carbocycles. The van der Waals surface area contributed by atoms with Crippen LogP contribution in [0.25, 0.3) is 0 Å². The minimum Gasteiger partial charge on any atom is -0.475 e. The molecular formula is C19H25N3O3S. The van der Waals surface area contributed by atoms with Crippen molar-refractivity contribution in [3.8, 4) is 11.8 Å². The molecule has 3 N–H and O–H groups in total. The lowest BCUT2D eigenvalue weighted by Crippen LogP contribution is -2.34. The van der Waals surface area contributed by atoms with Gasteiger partial charge in [-0.25, -0.2) is 0 Å². The molecule has 26 heavy (non-hydrogen) atoms. The van der Waals surface area contributed by atoms with Gasteiger partial charge >= 0.3 is 0 Å². The minimum atomic E-state index is -0.425. The molecule has 1 unspecified atom stereocenters. The molecule has 0 saturated heterocycles. The number of nitrogens with one attached hydrogen (secondary N) is 1. The number of hydrogen-bond acceptors (Lipinski definition) is 5. The van der Waals surface area contributed by atoms with Gasteiger partial charge in [0.15, 0.2) is 5.11 Å². The summed E-state index contributed by atoms with van der Waals surface area (Å²) in [6, 6.07) is 3.10. The predicted molar refractivity (Wildman–Crippen MR) is 105 cm³/mol. The Balaban J connectivity index is 2.16. The second-order valence-corrected chi connectivity index (χ2v) is 6.88. The standard InChI is InChI=1S/C19H25N3O3S/c1-12(2)24-16-10-15(18(23)22-19(20)26)11-17(21-16)25-13(3)9-14-7-5-4-6-8-14/h4-5,7,10-13H,6,8-9H2,1-3H3,(H3,20,22,23,26). The lowest BCUT2D eigenvalue weighted by molar-refractivity contribution is 0.0975. The summed E-state index contributed by atoms with van der Waals surface area (Å²) in [5, 5.41) is 2.31. The topological polar surface area (TPSA) is 86.5 Å². The lowest BCUT2D eigenvalue weighted by atomic mass is 10.00. The zero-order chi connectivity index (χ0) is 19.1. The van der Waals surface area contributed by atoms with Crippen molar-refractivity contribution in [1.82, 2.24) is 10.3 Å². The van der Waals surface area contributed by atoms with Gasteiger partial charge in [0.2, 0.25) is 11.8 Å². The first-order valence-corrected chi connectivity index (χ1v) is 9.05. The van der Waals surface area contributed by atoms with Gasteiger partial charge < -0.3 is 15.2 Å². The molecule has 0 bridgehead atoms. The molecule has 140 valence electrons. The third-order valence-corrected chi connectivity index (χ3v) is 3.71. The number of carbonyl (C=O) groups is 1. The highest BCUT2D eigenvalue weighted by Gasteiger charge is 2.15. The summed E-state index contributed by atoms with van der Waals surface area (Å²) in [7, 11) is 0. The van der Waals surface area contributed by atoms with Crippen molar-refractivity contribution >= 4 is 23.2 Å². The Bertz CT molecular complexity index is 729. The van der Waals surface area contributed by atoms with Crippen molar-refractivity contribution in [2.24, 2.45) is 5.73 Å². The molecule has 1 aliphatic carbocycles. The zero-order valence-corrected chi connectivity index (χ0v) is 16.1. The smallest absolute Gasteiger partial charge is 0.257 e. The van der Waals surface area contributed by atoms with Gasteiger partial charge in [0.1, 0.15) is 6.10 Å². The van der Waals surface area contributed by atoms with Crippen LogP contribution in [0, 0.1) is 0 Å². The Morgan fingerprint density at radius 3 is 2.58 bits per heavy atom. The van der Waals surface area contributed by atoms with Gasteiger partial charge in [-0.15, -0.1) is 0 Å². The zero-order valence-electron chi connectivity index (χ0n) is 15.3. The fourth-order valence-corrected chi connectivity index (χ4v) is 2.69. The van der Waals surface area contributed by atoms with E-state index in [0.717, 1.165) is 19.3 Å². The van der Waals surface area contributed by atoms with Crippen molar-refractivity contribution in [2.45, 2.75) is 52.2 Å². The van der Waals surface area contributed by atoms with Crippen molar-refractivity contribution in [1.29, 1.82) is 0 Å². The highest BCUT2D eigenvalue weighted by molar-refractivity contribution is 7.80. The van der Waals surface area contributed by atoms with Gasteiger partial charge in [0, 0.05) is 18.6 Å². The number of ether oxygens (including phenoxy) is 2. The number of allylic oxidation sites excluding steroid dienone is 3. The molecule has 1 amide bonds. The fourth-order valence-electron chi connectivity index (χ4n) is 2.60.